The van der Waals surface area contributed by atoms with Crippen molar-refractivity contribution in [1.29, 1.82) is 0 Å². The van der Waals surface area contributed by atoms with Crippen molar-refractivity contribution in [2.24, 2.45) is 0 Å². The Morgan fingerprint density at radius 1 is 0.763 bits per heavy atom. The van der Waals surface area contributed by atoms with Crippen molar-refractivity contribution >= 4 is 20.1 Å². The van der Waals surface area contributed by atoms with Crippen LogP contribution in [0.4, 0.5) is 0 Å². The first kappa shape index (κ1) is 36.9. The van der Waals surface area contributed by atoms with Crippen LogP contribution in [0.25, 0.3) is 0 Å². The van der Waals surface area contributed by atoms with Gasteiger partial charge in [-0.3, -0.25) is 4.79 Å². The molecule has 0 aromatic heterocycles. The Balaban J connectivity index is 4.37. The SMILES string of the molecule is COCO[C@H](C(=O)/C=C/C(=O)OC)[C@@H](CCCCCCCCCC[C@H](C)O[Si](C)(C)C(C)(C)C)OCOC. The number of methoxy groups -OCH3 is 3. The van der Waals surface area contributed by atoms with E-state index < -0.39 is 26.5 Å². The van der Waals surface area contributed by atoms with Gasteiger partial charge in [0.2, 0.25) is 0 Å². The van der Waals surface area contributed by atoms with Crippen LogP contribution in [-0.2, 0) is 37.7 Å². The Kier molecular flexibility index (Phi) is 20.1. The molecule has 0 fully saturated rings. The third kappa shape index (κ3) is 16.8. The van der Waals surface area contributed by atoms with Crippen molar-refractivity contribution in [3.8, 4) is 0 Å². The molecule has 9 heteroatoms. The smallest absolute Gasteiger partial charge is 0.330 e. The van der Waals surface area contributed by atoms with E-state index in [0.29, 0.717) is 12.5 Å². The molecule has 38 heavy (non-hydrogen) atoms. The third-order valence-electron chi connectivity index (χ3n) is 7.12. The fourth-order valence-corrected chi connectivity index (χ4v) is 5.36. The minimum absolute atomic E-state index is 0.0467. The molecule has 0 amide bonds. The zero-order chi connectivity index (χ0) is 29.0. The number of hydrogen-bond acceptors (Lipinski definition) is 8. The van der Waals surface area contributed by atoms with Gasteiger partial charge in [-0.1, -0.05) is 72.1 Å². The van der Waals surface area contributed by atoms with Gasteiger partial charge in [-0.05, 0) is 44.0 Å². The summed E-state index contributed by atoms with van der Waals surface area (Å²) in [5.41, 5.74) is 0. The molecular weight excluding hydrogens is 504 g/mol. The summed E-state index contributed by atoms with van der Waals surface area (Å²) in [6.45, 7) is 13.7. The summed E-state index contributed by atoms with van der Waals surface area (Å²) in [7, 11) is 2.60. The number of ether oxygens (including phenoxy) is 5. The maximum Gasteiger partial charge on any atom is 0.330 e. The number of rotatable bonds is 23. The van der Waals surface area contributed by atoms with Crippen LogP contribution < -0.4 is 0 Å². The van der Waals surface area contributed by atoms with Crippen molar-refractivity contribution in [3.05, 3.63) is 12.2 Å². The molecule has 0 aliphatic heterocycles. The number of ketones is 1. The first-order valence-corrected chi connectivity index (χ1v) is 17.0. The van der Waals surface area contributed by atoms with Gasteiger partial charge in [-0.25, -0.2) is 4.79 Å². The lowest BCUT2D eigenvalue weighted by Gasteiger charge is -2.38. The second-order valence-electron chi connectivity index (χ2n) is 11.5. The molecule has 0 bridgehead atoms. The predicted molar refractivity (Wildman–Crippen MR) is 154 cm³/mol. The number of carbonyl (C=O) groups excluding carboxylic acids is 2. The van der Waals surface area contributed by atoms with Gasteiger partial charge >= 0.3 is 5.97 Å². The second kappa shape index (κ2) is 20.8. The number of carbonyl (C=O) groups is 2. The van der Waals surface area contributed by atoms with E-state index in [9.17, 15) is 9.59 Å². The standard InChI is InChI=1S/C29H56O8Si/c1-24(37-38(8,9)29(2,3)4)18-16-14-12-10-11-13-15-17-19-26(35-22-32-5)28(36-23-33-6)25(30)20-21-27(31)34-7/h20-21,24,26,28H,10-19,22-23H2,1-9H3/b21-20+/t24-,26+,28+/m0/s1. The van der Waals surface area contributed by atoms with Gasteiger partial charge in [0.25, 0.3) is 0 Å². The highest BCUT2D eigenvalue weighted by Crippen LogP contribution is 2.37. The van der Waals surface area contributed by atoms with E-state index in [1.807, 2.05) is 0 Å². The van der Waals surface area contributed by atoms with Crippen LogP contribution in [0.5, 0.6) is 0 Å². The molecule has 0 radical (unpaired) electrons. The van der Waals surface area contributed by atoms with Crippen LogP contribution in [0, 0.1) is 0 Å². The molecule has 0 unspecified atom stereocenters. The van der Waals surface area contributed by atoms with Gasteiger partial charge in [-0.2, -0.15) is 0 Å². The molecular formula is C29H56O8Si. The first-order chi connectivity index (χ1) is 17.9. The molecule has 0 N–H and O–H groups in total. The summed E-state index contributed by atoms with van der Waals surface area (Å²) in [4.78, 5) is 24.1. The van der Waals surface area contributed by atoms with E-state index in [-0.39, 0.29) is 24.4 Å². The molecule has 0 heterocycles. The van der Waals surface area contributed by atoms with Gasteiger partial charge in [-0.15, -0.1) is 0 Å². The maximum atomic E-state index is 12.7. The molecule has 0 saturated carbocycles. The quantitative estimate of drug-likeness (QED) is 0.0455. The van der Waals surface area contributed by atoms with Gasteiger partial charge in [0.05, 0.1) is 13.2 Å². The van der Waals surface area contributed by atoms with Gasteiger partial charge in [0.15, 0.2) is 14.1 Å². The normalized spacial score (nSPS) is 15.0. The lowest BCUT2D eigenvalue weighted by molar-refractivity contribution is -0.168. The minimum atomic E-state index is -1.68. The second-order valence-corrected chi connectivity index (χ2v) is 16.2. The lowest BCUT2D eigenvalue weighted by Crippen LogP contribution is -2.43. The van der Waals surface area contributed by atoms with Crippen LogP contribution >= 0.6 is 0 Å². The van der Waals surface area contributed by atoms with Gasteiger partial charge in [0, 0.05) is 26.4 Å². The van der Waals surface area contributed by atoms with E-state index in [0.717, 1.165) is 37.8 Å². The maximum absolute atomic E-state index is 12.7. The van der Waals surface area contributed by atoms with Crippen molar-refractivity contribution in [3.63, 3.8) is 0 Å². The Morgan fingerprint density at radius 2 is 1.26 bits per heavy atom. The van der Waals surface area contributed by atoms with E-state index >= 15 is 0 Å². The summed E-state index contributed by atoms with van der Waals surface area (Å²) in [6, 6.07) is 0. The molecule has 8 nitrogen and oxygen atoms in total. The van der Waals surface area contributed by atoms with Crippen molar-refractivity contribution in [2.45, 2.75) is 128 Å². The highest BCUT2D eigenvalue weighted by atomic mass is 28.4. The summed E-state index contributed by atoms with van der Waals surface area (Å²) in [6.07, 6.45) is 12.2. The van der Waals surface area contributed by atoms with E-state index in [1.54, 1.807) is 0 Å². The summed E-state index contributed by atoms with van der Waals surface area (Å²) in [5.74, 6) is -0.982. The largest absolute Gasteiger partial charge is 0.466 e. The first-order valence-electron chi connectivity index (χ1n) is 14.1. The van der Waals surface area contributed by atoms with Crippen molar-refractivity contribution in [1.82, 2.24) is 0 Å². The van der Waals surface area contributed by atoms with Crippen LogP contribution in [0.15, 0.2) is 12.2 Å². The molecule has 0 aromatic carbocycles. The predicted octanol–water partition coefficient (Wildman–Crippen LogP) is 6.57. The molecule has 0 aromatic rings. The summed E-state index contributed by atoms with van der Waals surface area (Å²) < 4.78 is 32.4. The highest BCUT2D eigenvalue weighted by Gasteiger charge is 2.38. The van der Waals surface area contributed by atoms with Crippen molar-refractivity contribution in [2.75, 3.05) is 34.9 Å². The molecule has 0 rings (SSSR count). The molecule has 0 aliphatic carbocycles. The highest BCUT2D eigenvalue weighted by molar-refractivity contribution is 6.74. The lowest BCUT2D eigenvalue weighted by atomic mass is 10.0. The molecule has 0 saturated heterocycles. The van der Waals surface area contributed by atoms with Crippen molar-refractivity contribution < 1.29 is 37.7 Å². The number of unbranched alkanes of at least 4 members (excludes halogenated alkanes) is 7. The van der Waals surface area contributed by atoms with E-state index in [2.05, 4.69) is 45.5 Å². The molecule has 224 valence electrons. The average Bonchev–Trinajstić information content (AvgIpc) is 2.85. The topological polar surface area (TPSA) is 89.5 Å². The Labute approximate surface area is 233 Å². The van der Waals surface area contributed by atoms with E-state index in [1.165, 1.54) is 53.4 Å². The summed E-state index contributed by atoms with van der Waals surface area (Å²) >= 11 is 0. The molecule has 0 aliphatic rings. The Morgan fingerprint density at radius 3 is 1.76 bits per heavy atom. The van der Waals surface area contributed by atoms with Gasteiger partial charge < -0.3 is 28.1 Å². The van der Waals surface area contributed by atoms with Crippen LogP contribution in [0.2, 0.25) is 18.1 Å². The summed E-state index contributed by atoms with van der Waals surface area (Å²) in [5, 5.41) is 0.256. The molecule has 3 atom stereocenters. The third-order valence-corrected chi connectivity index (χ3v) is 11.7. The van der Waals surface area contributed by atoms with Crippen LogP contribution in [0.1, 0.15) is 91.9 Å². The van der Waals surface area contributed by atoms with Crippen LogP contribution in [-0.4, -0.2) is 73.3 Å². The fraction of sp³-hybridized carbons (Fsp3) is 0.862. The Hall–Kier alpha value is -1.10. The van der Waals surface area contributed by atoms with Gasteiger partial charge in [0.1, 0.15) is 19.7 Å². The molecule has 0 spiro atoms. The zero-order valence-electron chi connectivity index (χ0n) is 25.6. The van der Waals surface area contributed by atoms with E-state index in [4.69, 9.17) is 23.4 Å². The fourth-order valence-electron chi connectivity index (χ4n) is 3.88. The monoisotopic (exact) mass is 560 g/mol. The average molecular weight is 561 g/mol. The van der Waals surface area contributed by atoms with Crippen LogP contribution in [0.3, 0.4) is 0 Å². The minimum Gasteiger partial charge on any atom is -0.466 e. The Bertz CT molecular complexity index is 659. The number of esters is 1. The zero-order valence-corrected chi connectivity index (χ0v) is 26.6. The number of hydrogen-bond donors (Lipinski definition) is 0.